The zero-order chi connectivity index (χ0) is 17.1. The Bertz CT molecular complexity index is 695. The van der Waals surface area contributed by atoms with Crippen LogP contribution in [0.3, 0.4) is 0 Å². The first-order chi connectivity index (χ1) is 11.6. The first-order valence-electron chi connectivity index (χ1n) is 8.48. The van der Waals surface area contributed by atoms with Gasteiger partial charge in [-0.05, 0) is 51.1 Å². The van der Waals surface area contributed by atoms with Crippen LogP contribution in [-0.2, 0) is 11.3 Å². The Hall–Kier alpha value is -2.20. The molecule has 0 bridgehead atoms. The molecule has 1 aromatic heterocycles. The number of carbonyl (C=O) groups excluding carboxylic acids is 1. The number of nitrogens with zero attached hydrogens (tertiary/aromatic N) is 3. The van der Waals surface area contributed by atoms with E-state index in [2.05, 4.69) is 24.0 Å². The molecule has 0 saturated heterocycles. The number of amides is 1. The fourth-order valence-electron chi connectivity index (χ4n) is 3.12. The van der Waals surface area contributed by atoms with Gasteiger partial charge in [0.2, 0.25) is 5.91 Å². The highest BCUT2D eigenvalue weighted by Gasteiger charge is 2.37. The monoisotopic (exact) mass is 323 g/mol. The number of likely N-dealkylation sites (N-methyl/N-ethyl adjacent to an activating group) is 1. The number of rotatable bonds is 6. The van der Waals surface area contributed by atoms with E-state index in [9.17, 15) is 4.79 Å². The lowest BCUT2D eigenvalue weighted by Crippen LogP contribution is -2.41. The summed E-state index contributed by atoms with van der Waals surface area (Å²) in [6.45, 7) is 2.70. The maximum Gasteiger partial charge on any atom is 0.245 e. The molecule has 0 N–H and O–H groups in total. The molecule has 1 heterocycles. The zero-order valence-corrected chi connectivity index (χ0v) is 14.6. The second-order valence-corrected chi connectivity index (χ2v) is 6.84. The van der Waals surface area contributed by atoms with Crippen LogP contribution in [0.4, 0.5) is 0 Å². The van der Waals surface area contributed by atoms with E-state index in [4.69, 9.17) is 0 Å². The fraction of sp³-hybridized carbons (Fsp3) is 0.400. The summed E-state index contributed by atoms with van der Waals surface area (Å²) in [4.78, 5) is 21.6. The van der Waals surface area contributed by atoms with Crippen molar-refractivity contribution in [2.45, 2.75) is 38.4 Å². The number of aryl methyl sites for hydroxylation is 1. The van der Waals surface area contributed by atoms with Crippen LogP contribution in [0.1, 0.15) is 35.6 Å². The van der Waals surface area contributed by atoms with Crippen molar-refractivity contribution in [2.24, 2.45) is 0 Å². The third-order valence-corrected chi connectivity index (χ3v) is 4.45. The van der Waals surface area contributed by atoms with Crippen LogP contribution in [0.25, 0.3) is 0 Å². The molecular formula is C20H25N3O. The average molecular weight is 323 g/mol. The number of benzene rings is 1. The molecule has 24 heavy (non-hydrogen) atoms. The molecule has 0 radical (unpaired) electrons. The van der Waals surface area contributed by atoms with Crippen molar-refractivity contribution < 1.29 is 4.79 Å². The van der Waals surface area contributed by atoms with Crippen molar-refractivity contribution in [2.75, 3.05) is 14.1 Å². The molecule has 1 aliphatic rings. The van der Waals surface area contributed by atoms with Crippen molar-refractivity contribution in [3.63, 3.8) is 0 Å². The summed E-state index contributed by atoms with van der Waals surface area (Å²) in [6, 6.07) is 12.3. The second kappa shape index (κ2) is 7.14. The van der Waals surface area contributed by atoms with Gasteiger partial charge in [-0.1, -0.05) is 35.9 Å². The molecule has 1 aliphatic carbocycles. The molecule has 126 valence electrons. The highest BCUT2D eigenvalue weighted by molar-refractivity contribution is 5.84. The van der Waals surface area contributed by atoms with E-state index in [-0.39, 0.29) is 11.9 Å². The molecule has 2 aromatic rings. The van der Waals surface area contributed by atoms with E-state index in [0.717, 1.165) is 24.0 Å². The number of hydrogen-bond donors (Lipinski definition) is 0. The Balaban J connectivity index is 1.86. The van der Waals surface area contributed by atoms with E-state index >= 15 is 0 Å². The minimum atomic E-state index is -0.248. The lowest BCUT2D eigenvalue weighted by atomic mass is 10.0. The maximum atomic E-state index is 13.3. The third kappa shape index (κ3) is 3.82. The fourth-order valence-corrected chi connectivity index (χ4v) is 3.12. The molecule has 1 fully saturated rings. The van der Waals surface area contributed by atoms with Crippen molar-refractivity contribution >= 4 is 5.91 Å². The summed E-state index contributed by atoms with van der Waals surface area (Å²) < 4.78 is 0. The minimum Gasteiger partial charge on any atom is -0.334 e. The minimum absolute atomic E-state index is 0.178. The molecule has 1 atom stereocenters. The van der Waals surface area contributed by atoms with Crippen LogP contribution in [0, 0.1) is 6.92 Å². The predicted octanol–water partition coefficient (Wildman–Crippen LogP) is 3.18. The largest absolute Gasteiger partial charge is 0.334 e. The van der Waals surface area contributed by atoms with Gasteiger partial charge in [0.25, 0.3) is 0 Å². The number of pyridine rings is 1. The van der Waals surface area contributed by atoms with Gasteiger partial charge in [0.1, 0.15) is 6.04 Å². The summed E-state index contributed by atoms with van der Waals surface area (Å²) in [7, 11) is 3.94. The SMILES string of the molecule is Cc1cccc(C(C(=O)N(Cc2cccnc2)C2CC2)N(C)C)c1. The zero-order valence-electron chi connectivity index (χ0n) is 14.6. The Morgan fingerprint density at radius 3 is 2.62 bits per heavy atom. The molecule has 0 aliphatic heterocycles. The van der Waals surface area contributed by atoms with E-state index < -0.39 is 0 Å². The summed E-state index contributed by atoms with van der Waals surface area (Å²) >= 11 is 0. The van der Waals surface area contributed by atoms with Crippen LogP contribution in [0.5, 0.6) is 0 Å². The Morgan fingerprint density at radius 2 is 2.04 bits per heavy atom. The lowest BCUT2D eigenvalue weighted by molar-refractivity contribution is -0.137. The van der Waals surface area contributed by atoms with Gasteiger partial charge in [-0.25, -0.2) is 0 Å². The molecule has 1 saturated carbocycles. The highest BCUT2D eigenvalue weighted by atomic mass is 16.2. The van der Waals surface area contributed by atoms with Gasteiger partial charge < -0.3 is 4.90 Å². The number of hydrogen-bond acceptors (Lipinski definition) is 3. The van der Waals surface area contributed by atoms with E-state index in [1.807, 2.05) is 54.4 Å². The first kappa shape index (κ1) is 16.7. The van der Waals surface area contributed by atoms with Gasteiger partial charge >= 0.3 is 0 Å². The van der Waals surface area contributed by atoms with Crippen LogP contribution in [0.15, 0.2) is 48.8 Å². The molecule has 0 spiro atoms. The molecule has 4 nitrogen and oxygen atoms in total. The predicted molar refractivity (Wildman–Crippen MR) is 95.4 cm³/mol. The van der Waals surface area contributed by atoms with E-state index in [0.29, 0.717) is 12.6 Å². The lowest BCUT2D eigenvalue weighted by Gasteiger charge is -2.31. The number of aromatic nitrogens is 1. The third-order valence-electron chi connectivity index (χ3n) is 4.45. The smallest absolute Gasteiger partial charge is 0.245 e. The van der Waals surface area contributed by atoms with E-state index in [1.54, 1.807) is 6.20 Å². The molecule has 1 aromatic carbocycles. The molecule has 4 heteroatoms. The van der Waals surface area contributed by atoms with Gasteiger partial charge in [0.15, 0.2) is 0 Å². The quantitative estimate of drug-likeness (QED) is 0.819. The Labute approximate surface area is 144 Å². The van der Waals surface area contributed by atoms with Crippen molar-refractivity contribution in [3.8, 4) is 0 Å². The second-order valence-electron chi connectivity index (χ2n) is 6.84. The van der Waals surface area contributed by atoms with Gasteiger partial charge in [-0.3, -0.25) is 14.7 Å². The average Bonchev–Trinajstić information content (AvgIpc) is 3.38. The normalized spacial score (nSPS) is 15.3. The van der Waals surface area contributed by atoms with E-state index in [1.165, 1.54) is 5.56 Å². The van der Waals surface area contributed by atoms with Crippen molar-refractivity contribution in [1.29, 1.82) is 0 Å². The molecule has 3 rings (SSSR count). The summed E-state index contributed by atoms with van der Waals surface area (Å²) in [5, 5.41) is 0. The molecule has 1 unspecified atom stereocenters. The standard InChI is InChI=1S/C20H25N3O/c1-15-6-4-8-17(12-15)19(22(2)3)20(24)23(18-9-10-18)14-16-7-5-11-21-13-16/h4-8,11-13,18-19H,9-10,14H2,1-3H3. The first-order valence-corrected chi connectivity index (χ1v) is 8.48. The van der Waals surface area contributed by atoms with Crippen LogP contribution >= 0.6 is 0 Å². The van der Waals surface area contributed by atoms with Gasteiger partial charge in [-0.15, -0.1) is 0 Å². The van der Waals surface area contributed by atoms with Crippen LogP contribution < -0.4 is 0 Å². The summed E-state index contributed by atoms with van der Waals surface area (Å²) in [5.74, 6) is 0.178. The topological polar surface area (TPSA) is 36.4 Å². The van der Waals surface area contributed by atoms with Crippen molar-refractivity contribution in [1.82, 2.24) is 14.8 Å². The van der Waals surface area contributed by atoms with Gasteiger partial charge in [0.05, 0.1) is 0 Å². The molecule has 1 amide bonds. The Kier molecular flexibility index (Phi) is 4.95. The van der Waals surface area contributed by atoms with Crippen LogP contribution in [-0.4, -0.2) is 40.8 Å². The van der Waals surface area contributed by atoms with Crippen molar-refractivity contribution in [3.05, 3.63) is 65.5 Å². The Morgan fingerprint density at radius 1 is 1.25 bits per heavy atom. The highest BCUT2D eigenvalue weighted by Crippen LogP contribution is 2.32. The van der Waals surface area contributed by atoms with Gasteiger partial charge in [0, 0.05) is 25.0 Å². The summed E-state index contributed by atoms with van der Waals surface area (Å²) in [5.41, 5.74) is 3.32. The molecular weight excluding hydrogens is 298 g/mol. The maximum absolute atomic E-state index is 13.3. The van der Waals surface area contributed by atoms with Crippen LogP contribution in [0.2, 0.25) is 0 Å². The van der Waals surface area contributed by atoms with Gasteiger partial charge in [-0.2, -0.15) is 0 Å². The number of carbonyl (C=O) groups is 1. The summed E-state index contributed by atoms with van der Waals surface area (Å²) in [6.07, 6.45) is 5.81.